The summed E-state index contributed by atoms with van der Waals surface area (Å²) >= 11 is 0. The van der Waals surface area contributed by atoms with Crippen LogP contribution >= 0.6 is 0 Å². The van der Waals surface area contributed by atoms with Crippen molar-refractivity contribution in [3.05, 3.63) is 47.7 Å². The van der Waals surface area contributed by atoms with Crippen LogP contribution in [0.15, 0.2) is 35.1 Å². The van der Waals surface area contributed by atoms with Crippen LogP contribution < -0.4 is 4.90 Å². The maximum Gasteiger partial charge on any atom is 0.140 e. The van der Waals surface area contributed by atoms with E-state index in [4.69, 9.17) is 9.68 Å². The van der Waals surface area contributed by atoms with Crippen LogP contribution in [0.1, 0.15) is 17.0 Å². The molecule has 0 spiro atoms. The summed E-state index contributed by atoms with van der Waals surface area (Å²) in [7, 11) is 1.98. The third-order valence-electron chi connectivity index (χ3n) is 2.68. The second kappa shape index (κ2) is 4.71. The Morgan fingerprint density at radius 1 is 1.41 bits per heavy atom. The van der Waals surface area contributed by atoms with Gasteiger partial charge in [0.15, 0.2) is 0 Å². The van der Waals surface area contributed by atoms with E-state index in [1.165, 1.54) is 0 Å². The molecule has 0 saturated heterocycles. The zero-order valence-corrected chi connectivity index (χ0v) is 9.84. The molecule has 2 heterocycles. The lowest BCUT2D eigenvalue weighted by Crippen LogP contribution is -2.16. The van der Waals surface area contributed by atoms with Crippen molar-refractivity contribution < 1.29 is 4.42 Å². The number of furan rings is 1. The van der Waals surface area contributed by atoms with E-state index in [2.05, 4.69) is 9.88 Å². The summed E-state index contributed by atoms with van der Waals surface area (Å²) in [5.74, 6) is 0.929. The largest absolute Gasteiger partial charge is 0.469 e. The first kappa shape index (κ1) is 11.2. The molecule has 0 aromatic carbocycles. The van der Waals surface area contributed by atoms with Crippen molar-refractivity contribution in [1.82, 2.24) is 4.98 Å². The molecule has 0 N–H and O–H groups in total. The van der Waals surface area contributed by atoms with Crippen LogP contribution in [0.2, 0.25) is 0 Å². The van der Waals surface area contributed by atoms with Gasteiger partial charge in [-0.05, 0) is 25.1 Å². The summed E-state index contributed by atoms with van der Waals surface area (Å²) in [4.78, 5) is 6.11. The summed E-state index contributed by atoms with van der Waals surface area (Å²) in [5, 5.41) is 8.67. The highest BCUT2D eigenvalue weighted by molar-refractivity contribution is 5.45. The third kappa shape index (κ3) is 2.45. The summed E-state index contributed by atoms with van der Waals surface area (Å²) in [6.07, 6.45) is 3.39. The van der Waals surface area contributed by atoms with Crippen LogP contribution in [-0.4, -0.2) is 12.0 Å². The van der Waals surface area contributed by atoms with E-state index in [-0.39, 0.29) is 0 Å². The second-order valence-electron chi connectivity index (χ2n) is 3.87. The molecule has 17 heavy (non-hydrogen) atoms. The van der Waals surface area contributed by atoms with Gasteiger partial charge in [-0.1, -0.05) is 0 Å². The molecule has 2 rings (SSSR count). The molecule has 0 aliphatic carbocycles. The molecule has 0 radical (unpaired) electrons. The van der Waals surface area contributed by atoms with E-state index in [0.717, 1.165) is 23.6 Å². The van der Waals surface area contributed by atoms with Crippen molar-refractivity contribution in [2.45, 2.75) is 13.5 Å². The molecular formula is C13H13N3O. The van der Waals surface area contributed by atoms with Crippen LogP contribution in [0.25, 0.3) is 0 Å². The Kier molecular flexibility index (Phi) is 3.10. The fraction of sp³-hybridized carbons (Fsp3) is 0.231. The van der Waals surface area contributed by atoms with Crippen LogP contribution in [0.3, 0.4) is 0 Å². The van der Waals surface area contributed by atoms with Crippen molar-refractivity contribution >= 4 is 5.69 Å². The molecule has 0 bridgehead atoms. The average molecular weight is 227 g/mol. The first-order chi connectivity index (χ1) is 8.20. The van der Waals surface area contributed by atoms with Gasteiger partial charge in [0.1, 0.15) is 17.5 Å². The molecule has 4 nitrogen and oxygen atoms in total. The van der Waals surface area contributed by atoms with Gasteiger partial charge in [-0.15, -0.1) is 0 Å². The lowest BCUT2D eigenvalue weighted by atomic mass is 10.2. The Hall–Kier alpha value is -2.28. The number of aromatic nitrogens is 1. The molecule has 2 aromatic rings. The van der Waals surface area contributed by atoms with Crippen LogP contribution in [0, 0.1) is 18.3 Å². The predicted molar refractivity (Wildman–Crippen MR) is 64.5 cm³/mol. The summed E-state index contributed by atoms with van der Waals surface area (Å²) in [6.45, 7) is 2.70. The number of pyridine rings is 1. The second-order valence-corrected chi connectivity index (χ2v) is 3.87. The molecule has 86 valence electrons. The van der Waals surface area contributed by atoms with Gasteiger partial charge in [-0.2, -0.15) is 5.26 Å². The highest BCUT2D eigenvalue weighted by Gasteiger charge is 2.06. The SMILES string of the molecule is Cc1occc1CN(C)c1ccc(C#N)nc1. The highest BCUT2D eigenvalue weighted by Crippen LogP contribution is 2.17. The molecule has 0 fully saturated rings. The van der Waals surface area contributed by atoms with Crippen LogP contribution in [-0.2, 0) is 6.54 Å². The normalized spacial score (nSPS) is 9.94. The van der Waals surface area contributed by atoms with Gasteiger partial charge in [-0.3, -0.25) is 0 Å². The average Bonchev–Trinajstić information content (AvgIpc) is 2.75. The monoisotopic (exact) mass is 227 g/mol. The Labute approximate surface area is 100 Å². The van der Waals surface area contributed by atoms with Gasteiger partial charge in [-0.25, -0.2) is 4.98 Å². The Balaban J connectivity index is 2.12. The number of hydrogen-bond acceptors (Lipinski definition) is 4. The molecule has 0 unspecified atom stereocenters. The molecular weight excluding hydrogens is 214 g/mol. The van der Waals surface area contributed by atoms with E-state index < -0.39 is 0 Å². The summed E-state index contributed by atoms with van der Waals surface area (Å²) in [5.41, 5.74) is 2.56. The van der Waals surface area contributed by atoms with Crippen LogP contribution in [0.5, 0.6) is 0 Å². The van der Waals surface area contributed by atoms with Gasteiger partial charge >= 0.3 is 0 Å². The van der Waals surface area contributed by atoms with Crippen LogP contribution in [0.4, 0.5) is 5.69 Å². The zero-order valence-electron chi connectivity index (χ0n) is 9.84. The Bertz CT molecular complexity index is 537. The fourth-order valence-corrected chi connectivity index (χ4v) is 1.60. The summed E-state index contributed by atoms with van der Waals surface area (Å²) in [6, 6.07) is 7.57. The molecule has 2 aromatic heterocycles. The molecule has 4 heteroatoms. The maximum atomic E-state index is 8.67. The minimum absolute atomic E-state index is 0.432. The van der Waals surface area contributed by atoms with Gasteiger partial charge < -0.3 is 9.32 Å². The quantitative estimate of drug-likeness (QED) is 0.808. The Morgan fingerprint density at radius 2 is 2.24 bits per heavy atom. The molecule has 0 atom stereocenters. The summed E-state index contributed by atoms with van der Waals surface area (Å²) < 4.78 is 5.25. The van der Waals surface area contributed by atoms with Crippen molar-refractivity contribution in [2.75, 3.05) is 11.9 Å². The third-order valence-corrected chi connectivity index (χ3v) is 2.68. The number of anilines is 1. The number of aryl methyl sites for hydroxylation is 1. The van der Waals surface area contributed by atoms with Gasteiger partial charge in [0, 0.05) is 19.2 Å². The van der Waals surface area contributed by atoms with Crippen molar-refractivity contribution in [3.8, 4) is 6.07 Å². The van der Waals surface area contributed by atoms with Crippen molar-refractivity contribution in [1.29, 1.82) is 5.26 Å². The lowest BCUT2D eigenvalue weighted by molar-refractivity contribution is 0.529. The standard InChI is InChI=1S/C13H13N3O/c1-10-11(5-6-17-10)9-16(2)13-4-3-12(7-14)15-8-13/h3-6,8H,9H2,1-2H3. The number of nitrogens with zero attached hydrogens (tertiary/aromatic N) is 3. The first-order valence-electron chi connectivity index (χ1n) is 5.31. The number of rotatable bonds is 3. The highest BCUT2D eigenvalue weighted by atomic mass is 16.3. The van der Waals surface area contributed by atoms with E-state index in [0.29, 0.717) is 5.69 Å². The van der Waals surface area contributed by atoms with E-state index in [9.17, 15) is 0 Å². The topological polar surface area (TPSA) is 53.1 Å². The molecule has 0 saturated carbocycles. The van der Waals surface area contributed by atoms with E-state index in [1.54, 1.807) is 18.5 Å². The van der Waals surface area contributed by atoms with E-state index in [1.807, 2.05) is 32.2 Å². The molecule has 0 aliphatic heterocycles. The number of hydrogen-bond donors (Lipinski definition) is 0. The molecule has 0 aliphatic rings. The van der Waals surface area contributed by atoms with E-state index >= 15 is 0 Å². The predicted octanol–water partition coefficient (Wildman–Crippen LogP) is 2.49. The molecule has 0 amide bonds. The van der Waals surface area contributed by atoms with Gasteiger partial charge in [0.25, 0.3) is 0 Å². The fourth-order valence-electron chi connectivity index (χ4n) is 1.60. The van der Waals surface area contributed by atoms with Crippen molar-refractivity contribution in [3.63, 3.8) is 0 Å². The van der Waals surface area contributed by atoms with Crippen molar-refractivity contribution in [2.24, 2.45) is 0 Å². The zero-order chi connectivity index (χ0) is 12.3. The van der Waals surface area contributed by atoms with Gasteiger partial charge in [0.2, 0.25) is 0 Å². The lowest BCUT2D eigenvalue weighted by Gasteiger charge is -2.18. The Morgan fingerprint density at radius 3 is 2.76 bits per heavy atom. The maximum absolute atomic E-state index is 8.67. The van der Waals surface area contributed by atoms with Gasteiger partial charge in [0.05, 0.1) is 18.1 Å². The first-order valence-corrected chi connectivity index (χ1v) is 5.31. The number of nitriles is 1. The smallest absolute Gasteiger partial charge is 0.140 e. The minimum Gasteiger partial charge on any atom is -0.469 e. The minimum atomic E-state index is 0.432.